The molecule has 1 aliphatic rings. The Hall–Kier alpha value is -1.71. The number of aromatic nitrogens is 4. The van der Waals surface area contributed by atoms with Crippen LogP contribution in [-0.2, 0) is 25.3 Å². The first kappa shape index (κ1) is 20.0. The van der Waals surface area contributed by atoms with Crippen molar-refractivity contribution in [3.8, 4) is 0 Å². The molecule has 0 unspecified atom stereocenters. The number of hydrogen-bond acceptors (Lipinski definition) is 7. The van der Waals surface area contributed by atoms with Crippen molar-refractivity contribution in [1.29, 1.82) is 0 Å². The zero-order chi connectivity index (χ0) is 19.6. The number of aryl methyl sites for hydroxylation is 1. The molecule has 0 aliphatic carbocycles. The molecule has 3 heterocycles. The van der Waals surface area contributed by atoms with E-state index in [0.717, 1.165) is 43.2 Å². The van der Waals surface area contributed by atoms with Gasteiger partial charge in [-0.25, -0.2) is 14.8 Å². The van der Waals surface area contributed by atoms with Crippen LogP contribution < -0.4 is 11.2 Å². The SMILES string of the molecule is CC(C)Cc1nc(SCCN2CCOCC2)c2c(=O)n(C)c(=O)n(C)c2n1. The molecule has 9 heteroatoms. The van der Waals surface area contributed by atoms with Gasteiger partial charge in [-0.1, -0.05) is 13.8 Å². The Balaban J connectivity index is 1.97. The maximum atomic E-state index is 12.7. The van der Waals surface area contributed by atoms with E-state index in [4.69, 9.17) is 4.74 Å². The zero-order valence-electron chi connectivity index (χ0n) is 16.4. The second-order valence-electron chi connectivity index (χ2n) is 7.25. The minimum absolute atomic E-state index is 0.335. The smallest absolute Gasteiger partial charge is 0.332 e. The Morgan fingerprint density at radius 1 is 1.11 bits per heavy atom. The molecular formula is C18H27N5O3S. The molecular weight excluding hydrogens is 366 g/mol. The lowest BCUT2D eigenvalue weighted by molar-refractivity contribution is 0.0410. The average molecular weight is 394 g/mol. The van der Waals surface area contributed by atoms with Gasteiger partial charge in [0.05, 0.1) is 13.2 Å². The summed E-state index contributed by atoms with van der Waals surface area (Å²) < 4.78 is 7.95. The normalized spacial score (nSPS) is 15.7. The Kier molecular flexibility index (Phi) is 6.33. The highest BCUT2D eigenvalue weighted by molar-refractivity contribution is 7.99. The minimum atomic E-state index is -0.369. The van der Waals surface area contributed by atoms with Gasteiger partial charge in [0.25, 0.3) is 5.56 Å². The summed E-state index contributed by atoms with van der Waals surface area (Å²) in [6, 6.07) is 0. The number of rotatable bonds is 6. The predicted octanol–water partition coefficient (Wildman–Crippen LogP) is 0.650. The van der Waals surface area contributed by atoms with Crippen molar-refractivity contribution in [2.24, 2.45) is 20.0 Å². The fourth-order valence-electron chi connectivity index (χ4n) is 3.13. The average Bonchev–Trinajstić information content (AvgIpc) is 2.64. The summed E-state index contributed by atoms with van der Waals surface area (Å²) in [7, 11) is 3.15. The number of fused-ring (bicyclic) bond motifs is 1. The molecule has 0 bridgehead atoms. The summed E-state index contributed by atoms with van der Waals surface area (Å²) in [6.45, 7) is 8.50. The van der Waals surface area contributed by atoms with E-state index in [1.807, 2.05) is 0 Å². The third-order valence-electron chi connectivity index (χ3n) is 4.65. The number of ether oxygens (including phenoxy) is 1. The van der Waals surface area contributed by atoms with E-state index in [1.165, 1.54) is 11.6 Å². The molecule has 0 saturated carbocycles. The third-order valence-corrected chi connectivity index (χ3v) is 5.61. The maximum Gasteiger partial charge on any atom is 0.332 e. The van der Waals surface area contributed by atoms with Gasteiger partial charge in [-0.05, 0) is 5.92 Å². The summed E-state index contributed by atoms with van der Waals surface area (Å²) in [5, 5.41) is 1.10. The van der Waals surface area contributed by atoms with Gasteiger partial charge in [0.2, 0.25) is 0 Å². The molecule has 0 spiro atoms. The van der Waals surface area contributed by atoms with Gasteiger partial charge in [-0.15, -0.1) is 11.8 Å². The van der Waals surface area contributed by atoms with E-state index in [-0.39, 0.29) is 11.2 Å². The van der Waals surface area contributed by atoms with Crippen molar-refractivity contribution in [1.82, 2.24) is 24.0 Å². The van der Waals surface area contributed by atoms with Crippen molar-refractivity contribution >= 4 is 22.8 Å². The summed E-state index contributed by atoms with van der Waals surface area (Å²) in [5.41, 5.74) is -0.286. The van der Waals surface area contributed by atoms with Gasteiger partial charge in [-0.2, -0.15) is 0 Å². The summed E-state index contributed by atoms with van der Waals surface area (Å²) in [6.07, 6.45) is 0.705. The van der Waals surface area contributed by atoms with Crippen LogP contribution in [0.2, 0.25) is 0 Å². The van der Waals surface area contributed by atoms with Crippen LogP contribution in [0.15, 0.2) is 14.6 Å². The topological polar surface area (TPSA) is 82.3 Å². The van der Waals surface area contributed by atoms with E-state index in [2.05, 4.69) is 28.7 Å². The molecule has 8 nitrogen and oxygen atoms in total. The lowest BCUT2D eigenvalue weighted by atomic mass is 10.1. The molecule has 148 valence electrons. The molecule has 0 aromatic carbocycles. The lowest BCUT2D eigenvalue weighted by Crippen LogP contribution is -2.38. The fraction of sp³-hybridized carbons (Fsp3) is 0.667. The molecule has 0 N–H and O–H groups in total. The highest BCUT2D eigenvalue weighted by atomic mass is 32.2. The zero-order valence-corrected chi connectivity index (χ0v) is 17.2. The Morgan fingerprint density at radius 2 is 1.81 bits per heavy atom. The van der Waals surface area contributed by atoms with E-state index in [0.29, 0.717) is 34.2 Å². The fourth-order valence-corrected chi connectivity index (χ4v) is 4.16. The first-order valence-electron chi connectivity index (χ1n) is 9.28. The van der Waals surface area contributed by atoms with Crippen LogP contribution in [0.5, 0.6) is 0 Å². The number of nitrogens with zero attached hydrogens (tertiary/aromatic N) is 5. The Bertz CT molecular complexity index is 931. The largest absolute Gasteiger partial charge is 0.379 e. The highest BCUT2D eigenvalue weighted by Crippen LogP contribution is 2.23. The van der Waals surface area contributed by atoms with Crippen molar-refractivity contribution in [2.45, 2.75) is 25.3 Å². The summed E-state index contributed by atoms with van der Waals surface area (Å²) in [4.78, 5) is 36.6. The van der Waals surface area contributed by atoms with Gasteiger partial charge in [-0.3, -0.25) is 18.8 Å². The number of morpholine rings is 1. The van der Waals surface area contributed by atoms with E-state index in [9.17, 15) is 9.59 Å². The van der Waals surface area contributed by atoms with Gasteiger partial charge in [0.1, 0.15) is 16.2 Å². The molecule has 1 saturated heterocycles. The quantitative estimate of drug-likeness (QED) is 0.526. The number of thioether (sulfide) groups is 1. The molecule has 3 rings (SSSR count). The van der Waals surface area contributed by atoms with Crippen molar-refractivity contribution < 1.29 is 4.74 Å². The maximum absolute atomic E-state index is 12.7. The van der Waals surface area contributed by atoms with Crippen molar-refractivity contribution in [2.75, 3.05) is 38.6 Å². The second-order valence-corrected chi connectivity index (χ2v) is 8.33. The monoisotopic (exact) mass is 393 g/mol. The van der Waals surface area contributed by atoms with Gasteiger partial charge >= 0.3 is 5.69 Å². The number of hydrogen-bond donors (Lipinski definition) is 0. The standard InChI is InChI=1S/C18H27N5O3S/c1-12(2)11-13-19-15-14(17(24)22(4)18(25)21(15)3)16(20-13)27-10-7-23-5-8-26-9-6-23/h12H,5-11H2,1-4H3. The highest BCUT2D eigenvalue weighted by Gasteiger charge is 2.18. The van der Waals surface area contributed by atoms with Crippen LogP contribution in [-0.4, -0.2) is 62.6 Å². The van der Waals surface area contributed by atoms with Crippen LogP contribution in [0.4, 0.5) is 0 Å². The molecule has 2 aromatic rings. The van der Waals surface area contributed by atoms with E-state index < -0.39 is 0 Å². The molecule has 1 fully saturated rings. The second kappa shape index (κ2) is 8.53. The molecule has 27 heavy (non-hydrogen) atoms. The van der Waals surface area contributed by atoms with Crippen LogP contribution in [0.3, 0.4) is 0 Å². The first-order valence-corrected chi connectivity index (χ1v) is 10.3. The summed E-state index contributed by atoms with van der Waals surface area (Å²) in [5.74, 6) is 1.88. The van der Waals surface area contributed by atoms with Crippen LogP contribution in [0, 0.1) is 5.92 Å². The Labute approximate surface area is 162 Å². The lowest BCUT2D eigenvalue weighted by Gasteiger charge is -2.26. The molecule has 0 atom stereocenters. The summed E-state index contributed by atoms with van der Waals surface area (Å²) >= 11 is 1.56. The van der Waals surface area contributed by atoms with Crippen LogP contribution in [0.1, 0.15) is 19.7 Å². The van der Waals surface area contributed by atoms with Gasteiger partial charge < -0.3 is 4.74 Å². The van der Waals surface area contributed by atoms with Gasteiger partial charge in [0, 0.05) is 45.9 Å². The van der Waals surface area contributed by atoms with Gasteiger partial charge in [0.15, 0.2) is 5.65 Å². The Morgan fingerprint density at radius 3 is 2.48 bits per heavy atom. The molecule has 0 radical (unpaired) electrons. The molecule has 1 aliphatic heterocycles. The van der Waals surface area contributed by atoms with E-state index in [1.54, 1.807) is 18.8 Å². The molecule has 0 amide bonds. The molecule has 2 aromatic heterocycles. The first-order chi connectivity index (χ1) is 12.9. The van der Waals surface area contributed by atoms with Crippen LogP contribution in [0.25, 0.3) is 11.0 Å². The van der Waals surface area contributed by atoms with Crippen LogP contribution >= 0.6 is 11.8 Å². The predicted molar refractivity (Wildman–Crippen MR) is 107 cm³/mol. The third kappa shape index (κ3) is 4.41. The van der Waals surface area contributed by atoms with Crippen molar-refractivity contribution in [3.05, 3.63) is 26.7 Å². The van der Waals surface area contributed by atoms with Crippen molar-refractivity contribution in [3.63, 3.8) is 0 Å². The van der Waals surface area contributed by atoms with E-state index >= 15 is 0 Å². The minimum Gasteiger partial charge on any atom is -0.379 e.